The lowest BCUT2D eigenvalue weighted by atomic mass is 9.56. The summed E-state index contributed by atoms with van der Waals surface area (Å²) in [6.07, 6.45) is 9.07. The van der Waals surface area contributed by atoms with E-state index in [0.717, 1.165) is 29.1 Å². The molecule has 18 heavy (non-hydrogen) atoms. The third kappa shape index (κ3) is 1.38. The maximum absolute atomic E-state index is 2.39. The third-order valence-electron chi connectivity index (χ3n) is 6.53. The first-order valence-electron chi connectivity index (χ1n) is 7.87. The van der Waals surface area contributed by atoms with Crippen molar-refractivity contribution in [1.82, 2.24) is 0 Å². The normalized spacial score (nSPS) is 45.4. The monoisotopic (exact) mass is 240 g/mol. The van der Waals surface area contributed by atoms with Gasteiger partial charge in [0.15, 0.2) is 0 Å². The van der Waals surface area contributed by atoms with Crippen molar-refractivity contribution in [2.45, 2.75) is 51.4 Å². The van der Waals surface area contributed by atoms with E-state index >= 15 is 0 Å². The Morgan fingerprint density at radius 3 is 2.56 bits per heavy atom. The fraction of sp³-hybridized carbons (Fsp3) is 0.667. The zero-order valence-electron chi connectivity index (χ0n) is 11.4. The zero-order chi connectivity index (χ0) is 12.2. The van der Waals surface area contributed by atoms with Crippen LogP contribution in [0.3, 0.4) is 0 Å². The molecule has 0 nitrogen and oxygen atoms in total. The molecule has 0 heterocycles. The van der Waals surface area contributed by atoms with Gasteiger partial charge in [0, 0.05) is 0 Å². The number of hydrogen-bond acceptors (Lipinski definition) is 0. The molecule has 1 aromatic rings. The minimum absolute atomic E-state index is 0.793. The van der Waals surface area contributed by atoms with Crippen molar-refractivity contribution in [2.24, 2.45) is 23.2 Å². The van der Waals surface area contributed by atoms with Gasteiger partial charge in [-0.25, -0.2) is 0 Å². The molecule has 0 aromatic heterocycles. The molecule has 0 saturated heterocycles. The fourth-order valence-electron chi connectivity index (χ4n) is 5.60. The van der Waals surface area contributed by atoms with E-state index in [1.165, 1.54) is 19.3 Å². The molecule has 3 aliphatic rings. The molecule has 96 valence electrons. The molecule has 0 heteroatoms. The maximum Gasteiger partial charge on any atom is -0.0154 e. The Morgan fingerprint density at radius 2 is 1.78 bits per heavy atom. The van der Waals surface area contributed by atoms with E-state index in [-0.39, 0.29) is 0 Å². The SMILES string of the molecule is CCC1CC2CC3CC(c4ccccc4)CC23C1. The summed E-state index contributed by atoms with van der Waals surface area (Å²) >= 11 is 0. The smallest absolute Gasteiger partial charge is 0.0154 e. The summed E-state index contributed by atoms with van der Waals surface area (Å²) in [6, 6.07) is 11.3. The Bertz CT molecular complexity index is 435. The third-order valence-corrected chi connectivity index (χ3v) is 6.53. The van der Waals surface area contributed by atoms with Crippen molar-refractivity contribution in [3.63, 3.8) is 0 Å². The van der Waals surface area contributed by atoms with Crippen molar-refractivity contribution in [2.75, 3.05) is 0 Å². The molecule has 3 saturated carbocycles. The predicted octanol–water partition coefficient (Wildman–Crippen LogP) is 5.01. The topological polar surface area (TPSA) is 0 Å². The first-order valence-corrected chi connectivity index (χ1v) is 7.87. The second-order valence-electron chi connectivity index (χ2n) is 7.12. The molecular formula is C18H24. The Balaban J connectivity index is 1.57. The molecule has 1 spiro atoms. The van der Waals surface area contributed by atoms with Crippen molar-refractivity contribution < 1.29 is 0 Å². The molecule has 0 bridgehead atoms. The quantitative estimate of drug-likeness (QED) is 0.682. The molecule has 5 atom stereocenters. The summed E-state index contributed by atoms with van der Waals surface area (Å²) in [4.78, 5) is 0. The van der Waals surface area contributed by atoms with Crippen LogP contribution in [0.15, 0.2) is 30.3 Å². The van der Waals surface area contributed by atoms with Crippen molar-refractivity contribution in [3.05, 3.63) is 35.9 Å². The highest BCUT2D eigenvalue weighted by Gasteiger charge is 2.62. The lowest BCUT2D eigenvalue weighted by Crippen LogP contribution is -2.41. The van der Waals surface area contributed by atoms with Gasteiger partial charge in [0.1, 0.15) is 0 Å². The van der Waals surface area contributed by atoms with Gasteiger partial charge in [-0.1, -0.05) is 43.7 Å². The largest absolute Gasteiger partial charge is 0.0651 e. The minimum atomic E-state index is 0.793. The van der Waals surface area contributed by atoms with Crippen molar-refractivity contribution in [3.8, 4) is 0 Å². The summed E-state index contributed by atoms with van der Waals surface area (Å²) in [5, 5.41) is 0. The Morgan fingerprint density at radius 1 is 1.00 bits per heavy atom. The molecule has 0 amide bonds. The summed E-state index contributed by atoms with van der Waals surface area (Å²) in [5.74, 6) is 4.09. The van der Waals surface area contributed by atoms with Crippen LogP contribution < -0.4 is 0 Å². The van der Waals surface area contributed by atoms with Gasteiger partial charge in [0.2, 0.25) is 0 Å². The first kappa shape index (κ1) is 11.1. The molecule has 5 unspecified atom stereocenters. The first-order chi connectivity index (χ1) is 8.82. The number of rotatable bonds is 2. The lowest BCUT2D eigenvalue weighted by molar-refractivity contribution is 0.00267. The summed E-state index contributed by atoms with van der Waals surface area (Å²) in [6.45, 7) is 2.39. The second kappa shape index (κ2) is 3.85. The average Bonchev–Trinajstić information content (AvgIpc) is 2.86. The van der Waals surface area contributed by atoms with Crippen LogP contribution >= 0.6 is 0 Å². The van der Waals surface area contributed by atoms with E-state index < -0.39 is 0 Å². The van der Waals surface area contributed by atoms with Crippen molar-refractivity contribution >= 4 is 0 Å². The van der Waals surface area contributed by atoms with E-state index in [0.29, 0.717) is 0 Å². The van der Waals surface area contributed by atoms with Gasteiger partial charge in [-0.05, 0) is 66.8 Å². The molecule has 4 rings (SSSR count). The molecule has 1 aromatic carbocycles. The van der Waals surface area contributed by atoms with Crippen LogP contribution in [0.4, 0.5) is 0 Å². The van der Waals surface area contributed by atoms with Gasteiger partial charge >= 0.3 is 0 Å². The van der Waals surface area contributed by atoms with E-state index in [9.17, 15) is 0 Å². The van der Waals surface area contributed by atoms with Crippen molar-refractivity contribution in [1.29, 1.82) is 0 Å². The van der Waals surface area contributed by atoms with Gasteiger partial charge in [0.05, 0.1) is 0 Å². The van der Waals surface area contributed by atoms with Crippen LogP contribution in [0.5, 0.6) is 0 Å². The van der Waals surface area contributed by atoms with Crippen LogP contribution in [0, 0.1) is 23.2 Å². The van der Waals surface area contributed by atoms with Crippen LogP contribution in [0.25, 0.3) is 0 Å². The summed E-state index contributed by atoms with van der Waals surface area (Å²) in [5.41, 5.74) is 2.40. The standard InChI is InChI=1S/C18H24/c1-2-13-8-16-10-17-9-15(12-18(16,17)11-13)14-6-4-3-5-7-14/h3-7,13,15-17H,2,8-12H2,1H3. The van der Waals surface area contributed by atoms with Gasteiger partial charge < -0.3 is 0 Å². The van der Waals surface area contributed by atoms with Crippen LogP contribution in [-0.4, -0.2) is 0 Å². The Hall–Kier alpha value is -0.780. The van der Waals surface area contributed by atoms with E-state index in [1.54, 1.807) is 24.8 Å². The van der Waals surface area contributed by atoms with Crippen LogP contribution in [0.2, 0.25) is 0 Å². The fourth-order valence-corrected chi connectivity index (χ4v) is 5.60. The van der Waals surface area contributed by atoms with E-state index in [1.807, 2.05) is 0 Å². The predicted molar refractivity (Wildman–Crippen MR) is 75.5 cm³/mol. The molecular weight excluding hydrogens is 216 g/mol. The second-order valence-corrected chi connectivity index (χ2v) is 7.12. The lowest BCUT2D eigenvalue weighted by Gasteiger charge is -2.49. The van der Waals surface area contributed by atoms with E-state index in [4.69, 9.17) is 0 Å². The molecule has 0 N–H and O–H groups in total. The number of benzene rings is 1. The highest BCUT2D eigenvalue weighted by atomic mass is 14.7. The zero-order valence-corrected chi connectivity index (χ0v) is 11.4. The summed E-state index contributed by atoms with van der Waals surface area (Å²) in [7, 11) is 0. The average molecular weight is 240 g/mol. The van der Waals surface area contributed by atoms with Gasteiger partial charge in [-0.2, -0.15) is 0 Å². The summed E-state index contributed by atoms with van der Waals surface area (Å²) < 4.78 is 0. The molecule has 3 fully saturated rings. The van der Waals surface area contributed by atoms with Gasteiger partial charge in [-0.15, -0.1) is 0 Å². The van der Waals surface area contributed by atoms with Crippen LogP contribution in [-0.2, 0) is 0 Å². The Labute approximate surface area is 111 Å². The Kier molecular flexibility index (Phi) is 2.37. The molecule has 3 aliphatic carbocycles. The minimum Gasteiger partial charge on any atom is -0.0651 e. The highest BCUT2D eigenvalue weighted by molar-refractivity contribution is 5.25. The maximum atomic E-state index is 2.39. The van der Waals surface area contributed by atoms with Gasteiger partial charge in [-0.3, -0.25) is 0 Å². The highest BCUT2D eigenvalue weighted by Crippen LogP contribution is 2.72. The molecule has 0 aliphatic heterocycles. The van der Waals surface area contributed by atoms with Crippen LogP contribution in [0.1, 0.15) is 56.9 Å². The molecule has 0 radical (unpaired) electrons. The van der Waals surface area contributed by atoms with Gasteiger partial charge in [0.25, 0.3) is 0 Å². The number of hydrogen-bond donors (Lipinski definition) is 0. The van der Waals surface area contributed by atoms with E-state index in [2.05, 4.69) is 37.3 Å².